The summed E-state index contributed by atoms with van der Waals surface area (Å²) in [4.78, 5) is 6.83. The van der Waals surface area contributed by atoms with Gasteiger partial charge < -0.3 is 0 Å². The van der Waals surface area contributed by atoms with Crippen molar-refractivity contribution in [2.45, 2.75) is 5.92 Å². The molecule has 2 aliphatic heterocycles. The smallest absolute Gasteiger partial charge is 0.138 e. The molecular weight excluding hydrogens is 428 g/mol. The number of fused-ring (bicyclic) bond motifs is 2. The van der Waals surface area contributed by atoms with Gasteiger partial charge in [0.2, 0.25) is 0 Å². The van der Waals surface area contributed by atoms with Crippen LogP contribution in [0, 0.1) is 0 Å². The summed E-state index contributed by atoms with van der Waals surface area (Å²) in [5, 5.41) is 0. The van der Waals surface area contributed by atoms with Gasteiger partial charge in [0, 0.05) is 32.3 Å². The third-order valence-electron chi connectivity index (χ3n) is 4.67. The van der Waals surface area contributed by atoms with E-state index in [4.69, 9.17) is 0 Å². The minimum Gasteiger partial charge on any atom is -0.294 e. The molecule has 116 valence electrons. The summed E-state index contributed by atoms with van der Waals surface area (Å²) in [5.74, 6) is 1.21. The minimum absolute atomic E-state index is 0.304. The lowest BCUT2D eigenvalue weighted by Crippen LogP contribution is -2.12. The summed E-state index contributed by atoms with van der Waals surface area (Å²) >= 11 is 7.32. The van der Waals surface area contributed by atoms with Gasteiger partial charge in [-0.3, -0.25) is 4.90 Å². The van der Waals surface area contributed by atoms with Crippen LogP contribution in [0.2, 0.25) is 0 Å². The molecule has 0 spiro atoms. The highest BCUT2D eigenvalue weighted by molar-refractivity contribution is 9.10. The number of halogens is 2. The molecule has 2 aromatic carbocycles. The van der Waals surface area contributed by atoms with Crippen molar-refractivity contribution in [1.82, 2.24) is 4.98 Å². The van der Waals surface area contributed by atoms with E-state index in [1.807, 2.05) is 12.3 Å². The molecule has 2 nitrogen and oxygen atoms in total. The fraction of sp³-hybridized carbons (Fsp3) is 0.0500. The van der Waals surface area contributed by atoms with Crippen molar-refractivity contribution in [3.63, 3.8) is 0 Å². The van der Waals surface area contributed by atoms with E-state index < -0.39 is 0 Å². The number of allylic oxidation sites excluding steroid dienone is 1. The SMILES string of the molecule is Brc1ccnc(N2c3ccc(cc3)C3C=Cc4c2ccc(Br)c43)c1. The van der Waals surface area contributed by atoms with Crippen molar-refractivity contribution in [3.05, 3.63) is 86.4 Å². The molecule has 1 aliphatic carbocycles. The number of hydrogen-bond acceptors (Lipinski definition) is 2. The van der Waals surface area contributed by atoms with E-state index in [2.05, 4.69) is 96.4 Å². The monoisotopic (exact) mass is 438 g/mol. The van der Waals surface area contributed by atoms with Gasteiger partial charge in [0.05, 0.1) is 5.69 Å². The Hall–Kier alpha value is -1.91. The van der Waals surface area contributed by atoms with Crippen molar-refractivity contribution < 1.29 is 0 Å². The molecular formula is C20H12Br2N2. The van der Waals surface area contributed by atoms with Gasteiger partial charge in [0.1, 0.15) is 5.82 Å². The second-order valence-corrected chi connectivity index (χ2v) is 7.76. The average molecular weight is 440 g/mol. The first kappa shape index (κ1) is 14.4. The average Bonchev–Trinajstić information content (AvgIpc) is 3.06. The Bertz CT molecular complexity index is 993. The lowest BCUT2D eigenvalue weighted by atomic mass is 9.93. The van der Waals surface area contributed by atoms with Crippen LogP contribution >= 0.6 is 31.9 Å². The molecule has 0 saturated carbocycles. The largest absolute Gasteiger partial charge is 0.294 e. The van der Waals surface area contributed by atoms with Gasteiger partial charge in [0.15, 0.2) is 0 Å². The maximum Gasteiger partial charge on any atom is 0.138 e. The number of nitrogens with zero attached hydrogens (tertiary/aromatic N) is 2. The van der Waals surface area contributed by atoms with Gasteiger partial charge >= 0.3 is 0 Å². The molecule has 6 rings (SSSR count). The molecule has 0 fully saturated rings. The van der Waals surface area contributed by atoms with Crippen LogP contribution < -0.4 is 4.90 Å². The van der Waals surface area contributed by atoms with Gasteiger partial charge in [-0.15, -0.1) is 0 Å². The standard InChI is InChI=1S/C20H12Br2N2/c21-13-9-10-23-19(11-13)24-14-3-1-12(2-4-14)15-5-6-16-18(24)8-7-17(22)20(15)16/h1-11,15H. The Morgan fingerprint density at radius 2 is 1.79 bits per heavy atom. The Labute approximate surface area is 157 Å². The molecule has 0 saturated heterocycles. The van der Waals surface area contributed by atoms with Gasteiger partial charge in [-0.2, -0.15) is 0 Å². The van der Waals surface area contributed by atoms with E-state index in [-0.39, 0.29) is 0 Å². The highest BCUT2D eigenvalue weighted by Crippen LogP contribution is 2.48. The highest BCUT2D eigenvalue weighted by atomic mass is 79.9. The van der Waals surface area contributed by atoms with Gasteiger partial charge in [-0.05, 0) is 47.5 Å². The fourth-order valence-electron chi connectivity index (χ4n) is 3.59. The molecule has 4 heteroatoms. The summed E-state index contributed by atoms with van der Waals surface area (Å²) in [6.07, 6.45) is 6.35. The first-order chi connectivity index (χ1) is 11.7. The summed E-state index contributed by atoms with van der Waals surface area (Å²) in [7, 11) is 0. The maximum atomic E-state index is 4.61. The number of pyridine rings is 1. The van der Waals surface area contributed by atoms with Gasteiger partial charge in [-0.1, -0.05) is 56.1 Å². The van der Waals surface area contributed by atoms with Crippen LogP contribution in [0.4, 0.5) is 17.2 Å². The maximum absolute atomic E-state index is 4.61. The molecule has 3 aromatic rings. The van der Waals surface area contributed by atoms with Crippen molar-refractivity contribution in [1.29, 1.82) is 0 Å². The molecule has 0 radical (unpaired) electrons. The lowest BCUT2D eigenvalue weighted by molar-refractivity contribution is 1.04. The molecule has 6 bridgehead atoms. The van der Waals surface area contributed by atoms with Crippen LogP contribution in [0.25, 0.3) is 6.08 Å². The van der Waals surface area contributed by atoms with Crippen molar-refractivity contribution >= 4 is 55.1 Å². The topological polar surface area (TPSA) is 16.1 Å². The Morgan fingerprint density at radius 3 is 2.58 bits per heavy atom. The van der Waals surface area contributed by atoms with E-state index in [9.17, 15) is 0 Å². The van der Waals surface area contributed by atoms with E-state index >= 15 is 0 Å². The fourth-order valence-corrected chi connectivity index (χ4v) is 4.51. The van der Waals surface area contributed by atoms with Gasteiger partial charge in [0.25, 0.3) is 0 Å². The molecule has 1 unspecified atom stereocenters. The molecule has 24 heavy (non-hydrogen) atoms. The Morgan fingerprint density at radius 1 is 0.958 bits per heavy atom. The zero-order valence-corrected chi connectivity index (χ0v) is 15.8. The summed E-state index contributed by atoms with van der Waals surface area (Å²) in [6.45, 7) is 0. The van der Waals surface area contributed by atoms with Crippen LogP contribution in [0.1, 0.15) is 22.6 Å². The number of rotatable bonds is 1. The Kier molecular flexibility index (Phi) is 3.19. The first-order valence-corrected chi connectivity index (χ1v) is 9.33. The highest BCUT2D eigenvalue weighted by Gasteiger charge is 2.29. The quantitative estimate of drug-likeness (QED) is 0.427. The van der Waals surface area contributed by atoms with E-state index in [0.717, 1.165) is 26.1 Å². The number of benzene rings is 2. The molecule has 3 heterocycles. The van der Waals surface area contributed by atoms with Gasteiger partial charge in [-0.25, -0.2) is 4.98 Å². The van der Waals surface area contributed by atoms with Crippen LogP contribution in [-0.2, 0) is 0 Å². The third-order valence-corrected chi connectivity index (χ3v) is 5.85. The molecule has 1 atom stereocenters. The van der Waals surface area contributed by atoms with Crippen molar-refractivity contribution in [3.8, 4) is 0 Å². The van der Waals surface area contributed by atoms with E-state index in [1.54, 1.807) is 0 Å². The summed E-state index contributed by atoms with van der Waals surface area (Å²) in [6, 6.07) is 17.1. The van der Waals surface area contributed by atoms with Crippen LogP contribution in [-0.4, -0.2) is 4.98 Å². The van der Waals surface area contributed by atoms with Crippen LogP contribution in [0.3, 0.4) is 0 Å². The summed E-state index contributed by atoms with van der Waals surface area (Å²) < 4.78 is 2.18. The Balaban J connectivity index is 1.87. The second kappa shape index (κ2) is 5.30. The van der Waals surface area contributed by atoms with Crippen molar-refractivity contribution in [2.24, 2.45) is 0 Å². The lowest BCUT2D eigenvalue weighted by Gasteiger charge is -2.26. The van der Waals surface area contributed by atoms with E-state index in [1.165, 1.54) is 16.7 Å². The first-order valence-electron chi connectivity index (χ1n) is 7.74. The predicted molar refractivity (Wildman–Crippen MR) is 105 cm³/mol. The molecule has 3 aliphatic rings. The zero-order chi connectivity index (χ0) is 16.3. The summed E-state index contributed by atoms with van der Waals surface area (Å²) in [5.41, 5.74) is 6.19. The van der Waals surface area contributed by atoms with Crippen molar-refractivity contribution in [2.75, 3.05) is 4.90 Å². The normalized spacial score (nSPS) is 16.9. The minimum atomic E-state index is 0.304. The number of hydrogen-bond donors (Lipinski definition) is 0. The third kappa shape index (κ3) is 2.03. The molecule has 0 amide bonds. The molecule has 0 N–H and O–H groups in total. The molecule has 1 aromatic heterocycles. The number of anilines is 3. The predicted octanol–water partition coefficient (Wildman–Crippen LogP) is 6.55. The van der Waals surface area contributed by atoms with Crippen LogP contribution in [0.15, 0.2) is 69.7 Å². The zero-order valence-electron chi connectivity index (χ0n) is 12.6. The second-order valence-electron chi connectivity index (χ2n) is 5.99. The van der Waals surface area contributed by atoms with Crippen LogP contribution in [0.5, 0.6) is 0 Å². The van der Waals surface area contributed by atoms with E-state index in [0.29, 0.717) is 5.92 Å². The number of aromatic nitrogens is 1.